The molecule has 7 heteroatoms. The number of hydrogen-bond acceptors (Lipinski definition) is 5. The molecule has 0 aliphatic carbocycles. The van der Waals surface area contributed by atoms with Crippen molar-refractivity contribution in [2.45, 2.75) is 19.9 Å². The van der Waals surface area contributed by atoms with E-state index in [9.17, 15) is 9.59 Å². The molecule has 216 valence electrons. The van der Waals surface area contributed by atoms with Crippen LogP contribution in [-0.2, 0) is 4.79 Å². The van der Waals surface area contributed by atoms with Gasteiger partial charge < -0.3 is 10.1 Å². The number of allylic oxidation sites excluding steroid dienone is 1. The van der Waals surface area contributed by atoms with Crippen LogP contribution in [0, 0.1) is 0 Å². The number of aromatic nitrogens is 1. The molecule has 0 unspecified atom stereocenters. The quantitative estimate of drug-likeness (QED) is 0.221. The van der Waals surface area contributed by atoms with E-state index >= 15 is 0 Å². The van der Waals surface area contributed by atoms with E-state index < -0.39 is 6.04 Å². The number of benzene rings is 5. The molecule has 0 saturated heterocycles. The Morgan fingerprint density at radius 3 is 2.20 bits per heavy atom. The summed E-state index contributed by atoms with van der Waals surface area (Å²) < 4.78 is 7.89. The number of nitrogens with zero attached hydrogens (tertiary/aromatic N) is 2. The van der Waals surface area contributed by atoms with Crippen molar-refractivity contribution in [1.82, 2.24) is 4.57 Å². The van der Waals surface area contributed by atoms with Crippen LogP contribution < -0.4 is 24.9 Å². The lowest BCUT2D eigenvalue weighted by Gasteiger charge is -2.25. The van der Waals surface area contributed by atoms with E-state index in [4.69, 9.17) is 9.73 Å². The first-order valence-electron chi connectivity index (χ1n) is 14.5. The molecule has 0 fully saturated rings. The molecule has 1 aliphatic rings. The number of carbonyl (C=O) groups is 1. The number of amides is 1. The topological polar surface area (TPSA) is 72.7 Å². The van der Waals surface area contributed by atoms with Gasteiger partial charge >= 0.3 is 0 Å². The van der Waals surface area contributed by atoms with Crippen molar-refractivity contribution >= 4 is 50.6 Å². The number of ether oxygens (including phenoxy) is 1. The maximum Gasteiger partial charge on any atom is 0.271 e. The molecule has 0 radical (unpaired) electrons. The van der Waals surface area contributed by atoms with Crippen LogP contribution in [0.25, 0.3) is 27.6 Å². The van der Waals surface area contributed by atoms with Gasteiger partial charge in [-0.3, -0.25) is 14.2 Å². The van der Waals surface area contributed by atoms with Crippen LogP contribution in [0.4, 0.5) is 5.69 Å². The zero-order chi connectivity index (χ0) is 30.2. The van der Waals surface area contributed by atoms with Gasteiger partial charge in [-0.05, 0) is 82.9 Å². The minimum Gasteiger partial charge on any atom is -0.494 e. The first kappa shape index (κ1) is 27.6. The smallest absolute Gasteiger partial charge is 0.271 e. The number of fused-ring (bicyclic) bond motifs is 3. The van der Waals surface area contributed by atoms with Crippen LogP contribution in [-0.4, -0.2) is 17.1 Å². The summed E-state index contributed by atoms with van der Waals surface area (Å²) in [5.74, 6) is 0.424. The molecule has 0 bridgehead atoms. The summed E-state index contributed by atoms with van der Waals surface area (Å²) in [6, 6.07) is 34.8. The number of nitrogens with one attached hydrogen (secondary N) is 1. The van der Waals surface area contributed by atoms with E-state index in [0.717, 1.165) is 38.4 Å². The van der Waals surface area contributed by atoms with E-state index in [1.807, 2.05) is 98.8 Å². The second-order valence-corrected chi connectivity index (χ2v) is 11.6. The Balaban J connectivity index is 1.44. The molecule has 2 heterocycles. The lowest BCUT2D eigenvalue weighted by atomic mass is 9.95. The second-order valence-electron chi connectivity index (χ2n) is 10.6. The maximum absolute atomic E-state index is 14.4. The van der Waals surface area contributed by atoms with Gasteiger partial charge in [0.25, 0.3) is 11.5 Å². The van der Waals surface area contributed by atoms with Gasteiger partial charge in [-0.25, -0.2) is 4.99 Å². The Kier molecular flexibility index (Phi) is 7.16. The summed E-state index contributed by atoms with van der Waals surface area (Å²) in [5.41, 5.74) is 3.25. The molecule has 5 aromatic carbocycles. The normalized spacial score (nSPS) is 14.9. The fourth-order valence-electron chi connectivity index (χ4n) is 5.90. The molecule has 0 saturated carbocycles. The summed E-state index contributed by atoms with van der Waals surface area (Å²) >= 11 is 1.34. The van der Waals surface area contributed by atoms with Crippen molar-refractivity contribution in [3.63, 3.8) is 0 Å². The highest BCUT2D eigenvalue weighted by atomic mass is 32.1. The van der Waals surface area contributed by atoms with Crippen molar-refractivity contribution in [2.24, 2.45) is 4.99 Å². The Morgan fingerprint density at radius 1 is 0.909 bits per heavy atom. The van der Waals surface area contributed by atoms with Crippen molar-refractivity contribution in [2.75, 3.05) is 11.9 Å². The van der Waals surface area contributed by atoms with Crippen molar-refractivity contribution in [3.8, 4) is 5.75 Å². The van der Waals surface area contributed by atoms with Gasteiger partial charge in [0.05, 0.1) is 28.5 Å². The van der Waals surface area contributed by atoms with Crippen LogP contribution in [0.15, 0.2) is 130 Å². The zero-order valence-corrected chi connectivity index (χ0v) is 25.1. The largest absolute Gasteiger partial charge is 0.494 e. The zero-order valence-electron chi connectivity index (χ0n) is 24.3. The summed E-state index contributed by atoms with van der Waals surface area (Å²) in [7, 11) is 0. The average molecular weight is 596 g/mol. The minimum atomic E-state index is -0.669. The first-order chi connectivity index (χ1) is 21.5. The van der Waals surface area contributed by atoms with E-state index in [-0.39, 0.29) is 11.5 Å². The number of thiazole rings is 1. The van der Waals surface area contributed by atoms with Gasteiger partial charge in [0, 0.05) is 5.69 Å². The molecule has 6 nitrogen and oxygen atoms in total. The van der Waals surface area contributed by atoms with Crippen molar-refractivity contribution < 1.29 is 9.53 Å². The van der Waals surface area contributed by atoms with Crippen LogP contribution in [0.3, 0.4) is 0 Å². The molecule has 1 aromatic heterocycles. The number of hydrogen-bond donors (Lipinski definition) is 1. The molecule has 0 spiro atoms. The number of para-hydroxylation sites is 1. The predicted octanol–water partition coefficient (Wildman–Crippen LogP) is 6.58. The third-order valence-electron chi connectivity index (χ3n) is 7.89. The van der Waals surface area contributed by atoms with Crippen molar-refractivity contribution in [1.29, 1.82) is 0 Å². The molecule has 44 heavy (non-hydrogen) atoms. The molecule has 7 rings (SSSR count). The second kappa shape index (κ2) is 11.4. The summed E-state index contributed by atoms with van der Waals surface area (Å²) in [4.78, 5) is 33.6. The Bertz CT molecular complexity index is 2210. The number of rotatable bonds is 6. The maximum atomic E-state index is 14.4. The van der Waals surface area contributed by atoms with E-state index in [2.05, 4.69) is 35.6 Å². The predicted molar refractivity (Wildman–Crippen MR) is 178 cm³/mol. The summed E-state index contributed by atoms with van der Waals surface area (Å²) in [5, 5.41) is 7.36. The Hall–Kier alpha value is -5.27. The standard InChI is InChI=1S/C37H29N3O3S/c1-3-43-28-19-17-24(18-20-28)34-33(35(41)39-27-13-5-4-6-14-27)23(2)38-37-40(34)36(42)32(44-37)22-31-29-15-9-7-11-25(29)21-26-12-8-10-16-30(26)31/h4-22,34H,3H2,1-2H3,(H,39,41)/b32-22-/t34-/m1/s1. The van der Waals surface area contributed by atoms with Crippen LogP contribution >= 0.6 is 11.3 Å². The molecule has 1 amide bonds. The lowest BCUT2D eigenvalue weighted by Crippen LogP contribution is -2.40. The molecule has 1 N–H and O–H groups in total. The first-order valence-corrected chi connectivity index (χ1v) is 15.4. The van der Waals surface area contributed by atoms with Gasteiger partial charge in [-0.2, -0.15) is 0 Å². The highest BCUT2D eigenvalue weighted by Gasteiger charge is 2.32. The van der Waals surface area contributed by atoms with Crippen LogP contribution in [0.2, 0.25) is 0 Å². The van der Waals surface area contributed by atoms with Gasteiger partial charge in [-0.15, -0.1) is 0 Å². The van der Waals surface area contributed by atoms with E-state index in [1.165, 1.54) is 11.3 Å². The number of anilines is 1. The summed E-state index contributed by atoms with van der Waals surface area (Å²) in [6.07, 6.45) is 1.98. The van der Waals surface area contributed by atoms with Crippen LogP contribution in [0.5, 0.6) is 5.75 Å². The van der Waals surface area contributed by atoms with Gasteiger partial charge in [0.2, 0.25) is 0 Å². The van der Waals surface area contributed by atoms with Crippen molar-refractivity contribution in [3.05, 3.63) is 151 Å². The third-order valence-corrected chi connectivity index (χ3v) is 8.88. The fraction of sp³-hybridized carbons (Fsp3) is 0.108. The van der Waals surface area contributed by atoms with E-state index in [0.29, 0.717) is 32.9 Å². The Labute approximate surface area is 257 Å². The monoisotopic (exact) mass is 595 g/mol. The fourth-order valence-corrected chi connectivity index (χ4v) is 6.92. The molecule has 1 atom stereocenters. The SMILES string of the molecule is CCOc1ccc([C@@H]2C(C(=O)Nc3ccccc3)=C(C)N=c3s/c(=C\c4c5ccccc5cc5ccccc45)c(=O)n32)cc1. The van der Waals surface area contributed by atoms with E-state index in [1.54, 1.807) is 4.57 Å². The van der Waals surface area contributed by atoms with Crippen LogP contribution in [0.1, 0.15) is 31.0 Å². The average Bonchev–Trinajstić information content (AvgIpc) is 3.35. The third kappa shape index (κ3) is 4.91. The highest BCUT2D eigenvalue weighted by Crippen LogP contribution is 2.32. The molecular weight excluding hydrogens is 566 g/mol. The Morgan fingerprint density at radius 2 is 1.55 bits per heavy atom. The molecular formula is C37H29N3O3S. The molecule has 6 aromatic rings. The van der Waals surface area contributed by atoms with Gasteiger partial charge in [-0.1, -0.05) is 90.2 Å². The minimum absolute atomic E-state index is 0.192. The van der Waals surface area contributed by atoms with Gasteiger partial charge in [0.15, 0.2) is 4.80 Å². The summed E-state index contributed by atoms with van der Waals surface area (Å²) in [6.45, 7) is 4.31. The lowest BCUT2D eigenvalue weighted by molar-refractivity contribution is -0.113. The number of carbonyl (C=O) groups excluding carboxylic acids is 1. The molecule has 1 aliphatic heterocycles. The van der Waals surface area contributed by atoms with Gasteiger partial charge in [0.1, 0.15) is 5.75 Å². The highest BCUT2D eigenvalue weighted by molar-refractivity contribution is 7.07.